The maximum atomic E-state index is 11.9. The van der Waals surface area contributed by atoms with Crippen LogP contribution in [0.4, 0.5) is 4.79 Å². The monoisotopic (exact) mass is 297 g/mol. The molecule has 21 heavy (non-hydrogen) atoms. The van der Waals surface area contributed by atoms with E-state index in [4.69, 9.17) is 5.11 Å². The van der Waals surface area contributed by atoms with Crippen molar-refractivity contribution in [1.82, 2.24) is 15.5 Å². The van der Waals surface area contributed by atoms with Crippen molar-refractivity contribution in [3.05, 3.63) is 0 Å². The van der Waals surface area contributed by atoms with Gasteiger partial charge in [-0.15, -0.1) is 0 Å². The molecule has 0 radical (unpaired) electrons. The van der Waals surface area contributed by atoms with Gasteiger partial charge in [0.05, 0.1) is 5.92 Å². The van der Waals surface area contributed by atoms with Crippen LogP contribution in [0, 0.1) is 11.8 Å². The third kappa shape index (κ3) is 4.88. The van der Waals surface area contributed by atoms with Gasteiger partial charge in [-0.05, 0) is 44.7 Å². The first-order chi connectivity index (χ1) is 10.1. The van der Waals surface area contributed by atoms with Gasteiger partial charge in [0.15, 0.2) is 0 Å². The smallest absolute Gasteiger partial charge is 0.315 e. The number of urea groups is 1. The van der Waals surface area contributed by atoms with Crippen LogP contribution in [0.3, 0.4) is 0 Å². The predicted molar refractivity (Wildman–Crippen MR) is 80.1 cm³/mol. The molecule has 2 aliphatic rings. The summed E-state index contributed by atoms with van der Waals surface area (Å²) in [5.74, 6) is -0.515. The number of aliphatic carboxylic acids is 1. The minimum absolute atomic E-state index is 0.00410. The molecule has 2 amide bonds. The molecule has 0 bridgehead atoms. The zero-order valence-corrected chi connectivity index (χ0v) is 12.8. The Hall–Kier alpha value is -1.30. The molecule has 3 N–H and O–H groups in total. The molecule has 6 nitrogen and oxygen atoms in total. The van der Waals surface area contributed by atoms with Gasteiger partial charge in [-0.1, -0.05) is 13.3 Å². The summed E-state index contributed by atoms with van der Waals surface area (Å²) >= 11 is 0. The largest absolute Gasteiger partial charge is 0.481 e. The van der Waals surface area contributed by atoms with Crippen LogP contribution in [-0.2, 0) is 4.79 Å². The van der Waals surface area contributed by atoms with Gasteiger partial charge >= 0.3 is 12.0 Å². The summed E-state index contributed by atoms with van der Waals surface area (Å²) in [5, 5.41) is 14.9. The summed E-state index contributed by atoms with van der Waals surface area (Å²) in [5.41, 5.74) is 0. The normalized spacial score (nSPS) is 30.0. The molecular weight excluding hydrogens is 270 g/mol. The quantitative estimate of drug-likeness (QED) is 0.714. The second kappa shape index (κ2) is 7.64. The van der Waals surface area contributed by atoms with E-state index in [9.17, 15) is 9.59 Å². The highest BCUT2D eigenvalue weighted by Crippen LogP contribution is 2.24. The van der Waals surface area contributed by atoms with Gasteiger partial charge in [0.25, 0.3) is 0 Å². The molecule has 1 heterocycles. The number of carbonyl (C=O) groups is 2. The van der Waals surface area contributed by atoms with Gasteiger partial charge < -0.3 is 20.6 Å². The molecule has 2 rings (SSSR count). The van der Waals surface area contributed by atoms with Crippen molar-refractivity contribution in [3.8, 4) is 0 Å². The fraction of sp³-hybridized carbons (Fsp3) is 0.867. The van der Waals surface area contributed by atoms with Crippen LogP contribution in [0.5, 0.6) is 0 Å². The Labute approximate surface area is 126 Å². The average molecular weight is 297 g/mol. The summed E-state index contributed by atoms with van der Waals surface area (Å²) in [6.07, 6.45) is 4.17. The van der Waals surface area contributed by atoms with E-state index in [2.05, 4.69) is 22.5 Å². The molecule has 0 aromatic rings. The first-order valence-corrected chi connectivity index (χ1v) is 8.08. The van der Waals surface area contributed by atoms with E-state index in [0.29, 0.717) is 18.9 Å². The standard InChI is InChI=1S/C15H27N3O3/c1-2-18-7-6-11(10-18)9-16-15(21)17-13-5-3-4-12(8-13)14(19)20/h11-13H,2-10H2,1H3,(H,19,20)(H2,16,17,21). The van der Waals surface area contributed by atoms with Crippen LogP contribution in [0.25, 0.3) is 0 Å². The lowest BCUT2D eigenvalue weighted by Gasteiger charge is -2.27. The third-order valence-electron chi connectivity index (χ3n) is 4.73. The van der Waals surface area contributed by atoms with Gasteiger partial charge in [-0.2, -0.15) is 0 Å². The van der Waals surface area contributed by atoms with Crippen LogP contribution in [-0.4, -0.2) is 54.2 Å². The number of rotatable bonds is 5. The number of hydrogen-bond donors (Lipinski definition) is 3. The van der Waals surface area contributed by atoms with E-state index in [1.54, 1.807) is 0 Å². The van der Waals surface area contributed by atoms with E-state index in [-0.39, 0.29) is 18.0 Å². The lowest BCUT2D eigenvalue weighted by Crippen LogP contribution is -2.46. The highest BCUT2D eigenvalue weighted by atomic mass is 16.4. The lowest BCUT2D eigenvalue weighted by molar-refractivity contribution is -0.143. The van der Waals surface area contributed by atoms with E-state index >= 15 is 0 Å². The summed E-state index contributed by atoms with van der Waals surface area (Å²) in [7, 11) is 0. The Morgan fingerprint density at radius 2 is 2.10 bits per heavy atom. The molecule has 1 aliphatic carbocycles. The fourth-order valence-corrected chi connectivity index (χ4v) is 3.39. The number of carbonyl (C=O) groups excluding carboxylic acids is 1. The molecule has 0 aromatic heterocycles. The maximum Gasteiger partial charge on any atom is 0.315 e. The predicted octanol–water partition coefficient (Wildman–Crippen LogP) is 1.27. The van der Waals surface area contributed by atoms with Gasteiger partial charge in [0, 0.05) is 19.1 Å². The average Bonchev–Trinajstić information content (AvgIpc) is 2.93. The van der Waals surface area contributed by atoms with Crippen LogP contribution in [0.15, 0.2) is 0 Å². The van der Waals surface area contributed by atoms with Crippen molar-refractivity contribution in [2.45, 2.75) is 45.1 Å². The minimum Gasteiger partial charge on any atom is -0.481 e. The van der Waals surface area contributed by atoms with Gasteiger partial charge in [0.2, 0.25) is 0 Å². The van der Waals surface area contributed by atoms with Crippen LogP contribution in [0.2, 0.25) is 0 Å². The van der Waals surface area contributed by atoms with E-state index in [1.165, 1.54) is 0 Å². The van der Waals surface area contributed by atoms with Crippen molar-refractivity contribution in [3.63, 3.8) is 0 Å². The van der Waals surface area contributed by atoms with E-state index in [1.807, 2.05) is 0 Å². The molecule has 1 saturated heterocycles. The SMILES string of the molecule is CCN1CCC(CNC(=O)NC2CCCC(C(=O)O)C2)C1. The second-order valence-electron chi connectivity index (χ2n) is 6.30. The molecule has 2 fully saturated rings. The Morgan fingerprint density at radius 1 is 1.29 bits per heavy atom. The Kier molecular flexibility index (Phi) is 5.85. The highest BCUT2D eigenvalue weighted by molar-refractivity contribution is 5.74. The minimum atomic E-state index is -0.743. The zero-order chi connectivity index (χ0) is 15.2. The number of likely N-dealkylation sites (tertiary alicyclic amines) is 1. The van der Waals surface area contributed by atoms with E-state index < -0.39 is 5.97 Å². The van der Waals surface area contributed by atoms with Crippen molar-refractivity contribution < 1.29 is 14.7 Å². The summed E-state index contributed by atoms with van der Waals surface area (Å²) < 4.78 is 0. The molecular formula is C15H27N3O3. The van der Waals surface area contributed by atoms with Crippen molar-refractivity contribution >= 4 is 12.0 Å². The highest BCUT2D eigenvalue weighted by Gasteiger charge is 2.28. The van der Waals surface area contributed by atoms with Gasteiger partial charge in [-0.25, -0.2) is 4.79 Å². The molecule has 0 spiro atoms. The lowest BCUT2D eigenvalue weighted by atomic mass is 9.86. The number of carboxylic acid groups (broad SMARTS) is 1. The maximum absolute atomic E-state index is 11.9. The number of nitrogens with zero attached hydrogens (tertiary/aromatic N) is 1. The third-order valence-corrected chi connectivity index (χ3v) is 4.73. The number of carboxylic acids is 1. The summed E-state index contributed by atoms with van der Waals surface area (Å²) in [6.45, 7) is 6.11. The summed E-state index contributed by atoms with van der Waals surface area (Å²) in [4.78, 5) is 25.3. The molecule has 3 unspecified atom stereocenters. The van der Waals surface area contributed by atoms with Gasteiger partial charge in [0.1, 0.15) is 0 Å². The Balaban J connectivity index is 1.66. The second-order valence-corrected chi connectivity index (χ2v) is 6.30. The zero-order valence-electron chi connectivity index (χ0n) is 12.8. The summed E-state index contributed by atoms with van der Waals surface area (Å²) in [6, 6.07) is -0.156. The molecule has 1 aliphatic heterocycles. The molecule has 1 saturated carbocycles. The van der Waals surface area contributed by atoms with Crippen molar-refractivity contribution in [2.75, 3.05) is 26.2 Å². The fourth-order valence-electron chi connectivity index (χ4n) is 3.39. The molecule has 6 heteroatoms. The molecule has 0 aromatic carbocycles. The van der Waals surface area contributed by atoms with Crippen LogP contribution < -0.4 is 10.6 Å². The number of nitrogens with one attached hydrogen (secondary N) is 2. The van der Waals surface area contributed by atoms with Crippen LogP contribution >= 0.6 is 0 Å². The topological polar surface area (TPSA) is 81.7 Å². The Bertz CT molecular complexity index is 375. The van der Waals surface area contributed by atoms with Crippen molar-refractivity contribution in [2.24, 2.45) is 11.8 Å². The first kappa shape index (κ1) is 16.1. The molecule has 120 valence electrons. The number of amides is 2. The number of hydrogen-bond acceptors (Lipinski definition) is 3. The Morgan fingerprint density at radius 3 is 2.76 bits per heavy atom. The van der Waals surface area contributed by atoms with Gasteiger partial charge in [-0.3, -0.25) is 4.79 Å². The first-order valence-electron chi connectivity index (χ1n) is 8.08. The van der Waals surface area contributed by atoms with Crippen molar-refractivity contribution in [1.29, 1.82) is 0 Å². The van der Waals surface area contributed by atoms with E-state index in [0.717, 1.165) is 45.3 Å². The molecule has 3 atom stereocenters. The van der Waals surface area contributed by atoms with Crippen LogP contribution in [0.1, 0.15) is 39.0 Å².